The van der Waals surface area contributed by atoms with Gasteiger partial charge in [0.25, 0.3) is 5.56 Å². The smallest absolute Gasteiger partial charge is 0.416 e. The maximum atomic E-state index is 14.7. The molecule has 9 heteroatoms. The second kappa shape index (κ2) is 10.6. The van der Waals surface area contributed by atoms with E-state index >= 15 is 0 Å². The van der Waals surface area contributed by atoms with E-state index in [1.54, 1.807) is 31.2 Å². The highest BCUT2D eigenvalue weighted by Crippen LogP contribution is 2.35. The summed E-state index contributed by atoms with van der Waals surface area (Å²) in [7, 11) is 1.48. The fourth-order valence-corrected chi connectivity index (χ4v) is 4.27. The molecular formula is C28H25F4N3O2. The van der Waals surface area contributed by atoms with Crippen LogP contribution in [-0.4, -0.2) is 16.9 Å². The molecule has 1 unspecified atom stereocenters. The summed E-state index contributed by atoms with van der Waals surface area (Å²) in [4.78, 5) is 13.6. The number of aromatic nitrogens is 2. The Balaban J connectivity index is 1.90. The molecule has 192 valence electrons. The number of hydrogen-bond acceptors (Lipinski definition) is 4. The van der Waals surface area contributed by atoms with Crippen LogP contribution in [0.2, 0.25) is 0 Å². The summed E-state index contributed by atoms with van der Waals surface area (Å²) in [6.45, 7) is 1.56. The molecule has 4 aromatic rings. The molecular weight excluding hydrogens is 486 g/mol. The van der Waals surface area contributed by atoms with Gasteiger partial charge in [-0.05, 0) is 47.9 Å². The summed E-state index contributed by atoms with van der Waals surface area (Å²) in [6, 6.07) is 18.0. The van der Waals surface area contributed by atoms with E-state index in [-0.39, 0.29) is 17.8 Å². The zero-order valence-electron chi connectivity index (χ0n) is 20.2. The van der Waals surface area contributed by atoms with Crippen LogP contribution >= 0.6 is 0 Å². The Bertz CT molecular complexity index is 1470. The Morgan fingerprint density at radius 2 is 1.73 bits per heavy atom. The molecule has 0 bridgehead atoms. The number of benzene rings is 3. The molecule has 0 aliphatic heterocycles. The monoisotopic (exact) mass is 511 g/mol. The average Bonchev–Trinajstić information content (AvgIpc) is 2.88. The van der Waals surface area contributed by atoms with E-state index in [4.69, 9.17) is 10.5 Å². The van der Waals surface area contributed by atoms with E-state index in [0.29, 0.717) is 16.9 Å². The molecule has 0 saturated carbocycles. The topological polar surface area (TPSA) is 70.1 Å². The lowest BCUT2D eigenvalue weighted by molar-refractivity contribution is -0.138. The molecule has 0 aliphatic carbocycles. The van der Waals surface area contributed by atoms with Crippen LogP contribution < -0.4 is 16.0 Å². The van der Waals surface area contributed by atoms with Crippen LogP contribution in [0.5, 0.6) is 5.75 Å². The van der Waals surface area contributed by atoms with Crippen LogP contribution in [0.15, 0.2) is 77.6 Å². The van der Waals surface area contributed by atoms with E-state index in [2.05, 4.69) is 5.10 Å². The van der Waals surface area contributed by atoms with Gasteiger partial charge in [-0.2, -0.15) is 18.3 Å². The quantitative estimate of drug-likeness (QED) is 0.325. The lowest BCUT2D eigenvalue weighted by atomic mass is 9.95. The first kappa shape index (κ1) is 26.1. The normalized spacial score (nSPS) is 12.4. The zero-order valence-corrected chi connectivity index (χ0v) is 20.2. The molecule has 1 heterocycles. The van der Waals surface area contributed by atoms with Gasteiger partial charge in [0.15, 0.2) is 0 Å². The van der Waals surface area contributed by atoms with Crippen molar-refractivity contribution >= 4 is 0 Å². The van der Waals surface area contributed by atoms with Crippen LogP contribution in [0.1, 0.15) is 34.0 Å². The summed E-state index contributed by atoms with van der Waals surface area (Å²) in [5.41, 5.74) is 6.22. The number of alkyl halides is 3. The maximum absolute atomic E-state index is 14.7. The van der Waals surface area contributed by atoms with E-state index in [1.165, 1.54) is 7.11 Å². The molecule has 2 N–H and O–H groups in total. The van der Waals surface area contributed by atoms with Crippen LogP contribution in [-0.2, 0) is 19.1 Å². The van der Waals surface area contributed by atoms with Gasteiger partial charge in [0.2, 0.25) is 0 Å². The molecule has 1 aromatic heterocycles. The van der Waals surface area contributed by atoms with Crippen molar-refractivity contribution in [2.75, 3.05) is 7.11 Å². The van der Waals surface area contributed by atoms with E-state index < -0.39 is 41.1 Å². The van der Waals surface area contributed by atoms with Gasteiger partial charge in [0.05, 0.1) is 30.5 Å². The predicted molar refractivity (Wildman–Crippen MR) is 133 cm³/mol. The molecule has 5 nitrogen and oxygen atoms in total. The largest absolute Gasteiger partial charge is 0.497 e. The van der Waals surface area contributed by atoms with Gasteiger partial charge >= 0.3 is 6.18 Å². The Hall–Kier alpha value is -3.98. The average molecular weight is 512 g/mol. The molecule has 0 spiro atoms. The summed E-state index contributed by atoms with van der Waals surface area (Å²) in [5.74, 6) is -0.506. The summed E-state index contributed by atoms with van der Waals surface area (Å²) in [6.07, 6.45) is -5.23. The van der Waals surface area contributed by atoms with Crippen LogP contribution in [0.4, 0.5) is 17.6 Å². The first-order valence-electron chi connectivity index (χ1n) is 11.5. The Morgan fingerprint density at radius 1 is 1.03 bits per heavy atom. The summed E-state index contributed by atoms with van der Waals surface area (Å²) in [5, 5.41) is 4.38. The van der Waals surface area contributed by atoms with Crippen LogP contribution in [0.25, 0.3) is 11.1 Å². The second-order valence-electron chi connectivity index (χ2n) is 8.62. The van der Waals surface area contributed by atoms with Gasteiger partial charge < -0.3 is 10.5 Å². The van der Waals surface area contributed by atoms with E-state index in [9.17, 15) is 22.4 Å². The molecule has 3 aromatic carbocycles. The highest BCUT2D eigenvalue weighted by Gasteiger charge is 2.35. The van der Waals surface area contributed by atoms with E-state index in [0.717, 1.165) is 28.4 Å². The van der Waals surface area contributed by atoms with Crippen molar-refractivity contribution in [2.45, 2.75) is 32.1 Å². The van der Waals surface area contributed by atoms with Crippen molar-refractivity contribution < 1.29 is 22.3 Å². The zero-order chi connectivity index (χ0) is 26.7. The summed E-state index contributed by atoms with van der Waals surface area (Å²) >= 11 is 0. The number of methoxy groups -OCH3 is 1. The predicted octanol–water partition coefficient (Wildman–Crippen LogP) is 5.68. The first-order valence-corrected chi connectivity index (χ1v) is 11.5. The van der Waals surface area contributed by atoms with Crippen LogP contribution in [0, 0.1) is 12.7 Å². The van der Waals surface area contributed by atoms with Crippen molar-refractivity contribution in [2.24, 2.45) is 5.73 Å². The fraction of sp³-hybridized carbons (Fsp3) is 0.214. The van der Waals surface area contributed by atoms with Crippen molar-refractivity contribution in [3.05, 3.63) is 117 Å². The third-order valence-corrected chi connectivity index (χ3v) is 6.22. The maximum Gasteiger partial charge on any atom is 0.416 e. The lowest BCUT2D eigenvalue weighted by Gasteiger charge is -2.19. The highest BCUT2D eigenvalue weighted by atomic mass is 19.4. The molecule has 0 radical (unpaired) electrons. The molecule has 0 fully saturated rings. The van der Waals surface area contributed by atoms with Crippen molar-refractivity contribution in [1.82, 2.24) is 9.78 Å². The van der Waals surface area contributed by atoms with E-state index in [1.807, 2.05) is 30.3 Å². The Labute approximate surface area is 211 Å². The number of nitrogens with two attached hydrogens (primary N) is 1. The number of halogens is 4. The lowest BCUT2D eigenvalue weighted by Crippen LogP contribution is -2.32. The number of nitrogens with zero attached hydrogens (tertiary/aromatic N) is 2. The molecule has 1 atom stereocenters. The standard InChI is InChI=1S/C28H25F4N3O2/c1-17-25(15-21-22(28(30,31)32)12-7-13-23(21)29)34-35(16-24(33)18-8-4-3-5-9-18)27(36)26(17)19-10-6-11-20(14-19)37-2/h3-14,24H,15-16,33H2,1-2H3. The van der Waals surface area contributed by atoms with Crippen molar-refractivity contribution in [3.8, 4) is 16.9 Å². The SMILES string of the molecule is COc1cccc(-c2c(C)c(Cc3c(F)cccc3C(F)(F)F)nn(CC(N)c3ccccc3)c2=O)c1. The Morgan fingerprint density at radius 3 is 2.41 bits per heavy atom. The number of ether oxygens (including phenoxy) is 1. The molecule has 0 amide bonds. The van der Waals surface area contributed by atoms with Gasteiger partial charge in [-0.25, -0.2) is 9.07 Å². The minimum atomic E-state index is -4.76. The van der Waals surface area contributed by atoms with Gasteiger partial charge in [-0.1, -0.05) is 48.5 Å². The number of hydrogen-bond donors (Lipinski definition) is 1. The minimum Gasteiger partial charge on any atom is -0.497 e. The van der Waals surface area contributed by atoms with Gasteiger partial charge in [0, 0.05) is 18.0 Å². The van der Waals surface area contributed by atoms with Gasteiger partial charge in [-0.3, -0.25) is 4.79 Å². The summed E-state index contributed by atoms with van der Waals surface area (Å²) < 4.78 is 62.2. The second-order valence-corrected chi connectivity index (χ2v) is 8.62. The van der Waals surface area contributed by atoms with Crippen molar-refractivity contribution in [1.29, 1.82) is 0 Å². The highest BCUT2D eigenvalue weighted by molar-refractivity contribution is 5.68. The third kappa shape index (κ3) is 5.56. The minimum absolute atomic E-state index is 0.0313. The molecule has 4 rings (SSSR count). The number of rotatable bonds is 7. The molecule has 0 aliphatic rings. The van der Waals surface area contributed by atoms with Crippen LogP contribution in [0.3, 0.4) is 0 Å². The third-order valence-electron chi connectivity index (χ3n) is 6.22. The first-order chi connectivity index (χ1) is 17.6. The van der Waals surface area contributed by atoms with Crippen molar-refractivity contribution in [3.63, 3.8) is 0 Å². The fourth-order valence-electron chi connectivity index (χ4n) is 4.27. The molecule has 37 heavy (non-hydrogen) atoms. The van der Waals surface area contributed by atoms with Gasteiger partial charge in [0.1, 0.15) is 11.6 Å². The Kier molecular flexibility index (Phi) is 7.45. The van der Waals surface area contributed by atoms with Gasteiger partial charge in [-0.15, -0.1) is 0 Å². The molecule has 0 saturated heterocycles.